The summed E-state index contributed by atoms with van der Waals surface area (Å²) in [5.41, 5.74) is 3.97. The largest absolute Gasteiger partial charge is 0.357 e. The van der Waals surface area contributed by atoms with Gasteiger partial charge in [0.2, 0.25) is 5.91 Å². The normalized spacial score (nSPS) is 12.9. The molecule has 178 valence electrons. The van der Waals surface area contributed by atoms with Crippen molar-refractivity contribution in [3.63, 3.8) is 0 Å². The molecular formula is C25H34IN5O2. The first kappa shape index (κ1) is 26.6. The van der Waals surface area contributed by atoms with E-state index in [1.54, 1.807) is 19.0 Å². The smallest absolute Gasteiger partial charge is 0.253 e. The number of carbonyl (C=O) groups is 2. The highest BCUT2D eigenvalue weighted by atomic mass is 127. The van der Waals surface area contributed by atoms with E-state index in [0.29, 0.717) is 24.6 Å². The molecule has 1 aliphatic rings. The second-order valence-electron chi connectivity index (χ2n) is 8.05. The highest BCUT2D eigenvalue weighted by Gasteiger charge is 2.21. The average Bonchev–Trinajstić information content (AvgIpc) is 2.81. The highest BCUT2D eigenvalue weighted by molar-refractivity contribution is 14.0. The Kier molecular flexibility index (Phi) is 10.6. The van der Waals surface area contributed by atoms with Gasteiger partial charge >= 0.3 is 0 Å². The summed E-state index contributed by atoms with van der Waals surface area (Å²) in [5, 5.41) is 6.49. The Balaban J connectivity index is 0.00000385. The number of guanidine groups is 1. The van der Waals surface area contributed by atoms with Crippen LogP contribution in [0.4, 0.5) is 5.69 Å². The van der Waals surface area contributed by atoms with E-state index in [-0.39, 0.29) is 42.3 Å². The van der Waals surface area contributed by atoms with E-state index in [2.05, 4.69) is 21.7 Å². The average molecular weight is 563 g/mol. The predicted octanol–water partition coefficient (Wildman–Crippen LogP) is 3.08. The molecule has 1 aliphatic heterocycles. The molecule has 8 heteroatoms. The number of benzene rings is 2. The SMILES string of the molecule is CCNC(=NCC(=O)N1CCCc2ccccc21)NCCc1cccc(C(=O)N(C)C)c1.I. The van der Waals surface area contributed by atoms with E-state index < -0.39 is 0 Å². The number of hydrogen-bond acceptors (Lipinski definition) is 3. The second-order valence-corrected chi connectivity index (χ2v) is 8.05. The fourth-order valence-electron chi connectivity index (χ4n) is 3.81. The van der Waals surface area contributed by atoms with Gasteiger partial charge < -0.3 is 20.4 Å². The lowest BCUT2D eigenvalue weighted by Gasteiger charge is -2.29. The van der Waals surface area contributed by atoms with Gasteiger partial charge in [-0.1, -0.05) is 30.3 Å². The maximum absolute atomic E-state index is 12.8. The maximum atomic E-state index is 12.8. The summed E-state index contributed by atoms with van der Waals surface area (Å²) in [6, 6.07) is 15.8. The number of carbonyl (C=O) groups excluding carboxylic acids is 2. The van der Waals surface area contributed by atoms with Crippen LogP contribution in [0.3, 0.4) is 0 Å². The molecule has 0 aliphatic carbocycles. The van der Waals surface area contributed by atoms with Gasteiger partial charge in [0.25, 0.3) is 5.91 Å². The van der Waals surface area contributed by atoms with Crippen molar-refractivity contribution in [2.24, 2.45) is 4.99 Å². The molecule has 0 unspecified atom stereocenters. The van der Waals surface area contributed by atoms with Crippen LogP contribution in [-0.2, 0) is 17.6 Å². The number of rotatable bonds is 7. The molecule has 33 heavy (non-hydrogen) atoms. The summed E-state index contributed by atoms with van der Waals surface area (Å²) in [4.78, 5) is 32.9. The van der Waals surface area contributed by atoms with E-state index in [1.807, 2.05) is 54.3 Å². The Bertz CT molecular complexity index is 977. The zero-order chi connectivity index (χ0) is 22.9. The van der Waals surface area contributed by atoms with Gasteiger partial charge in [0, 0.05) is 45.0 Å². The van der Waals surface area contributed by atoms with Crippen LogP contribution >= 0.6 is 24.0 Å². The van der Waals surface area contributed by atoms with Gasteiger partial charge in [0.15, 0.2) is 5.96 Å². The molecule has 2 N–H and O–H groups in total. The topological polar surface area (TPSA) is 77.0 Å². The first-order valence-corrected chi connectivity index (χ1v) is 11.2. The van der Waals surface area contributed by atoms with Crippen molar-refractivity contribution in [3.05, 3.63) is 65.2 Å². The number of fused-ring (bicyclic) bond motifs is 1. The van der Waals surface area contributed by atoms with Gasteiger partial charge in [0.05, 0.1) is 0 Å². The molecule has 0 aromatic heterocycles. The number of nitrogens with zero attached hydrogens (tertiary/aromatic N) is 3. The summed E-state index contributed by atoms with van der Waals surface area (Å²) in [6.45, 7) is 4.18. The fourth-order valence-corrected chi connectivity index (χ4v) is 3.81. The Hall–Kier alpha value is -2.62. The molecule has 2 amide bonds. The third-order valence-electron chi connectivity index (χ3n) is 5.41. The molecule has 1 heterocycles. The fraction of sp³-hybridized carbons (Fsp3) is 0.400. The highest BCUT2D eigenvalue weighted by Crippen LogP contribution is 2.26. The molecular weight excluding hydrogens is 529 g/mol. The number of hydrogen-bond donors (Lipinski definition) is 2. The summed E-state index contributed by atoms with van der Waals surface area (Å²) in [6.07, 6.45) is 2.72. The molecule has 0 radical (unpaired) electrons. The van der Waals surface area contributed by atoms with E-state index in [9.17, 15) is 9.59 Å². The Morgan fingerprint density at radius 2 is 1.88 bits per heavy atom. The minimum Gasteiger partial charge on any atom is -0.357 e. The maximum Gasteiger partial charge on any atom is 0.253 e. The lowest BCUT2D eigenvalue weighted by atomic mass is 10.0. The predicted molar refractivity (Wildman–Crippen MR) is 145 cm³/mol. The second kappa shape index (κ2) is 13.2. The Morgan fingerprint density at radius 3 is 2.64 bits per heavy atom. The number of amides is 2. The van der Waals surface area contributed by atoms with Crippen molar-refractivity contribution in [2.75, 3.05) is 45.2 Å². The number of nitrogens with one attached hydrogen (secondary N) is 2. The van der Waals surface area contributed by atoms with Gasteiger partial charge in [-0.2, -0.15) is 0 Å². The van der Waals surface area contributed by atoms with Crippen LogP contribution in [0.1, 0.15) is 34.8 Å². The third kappa shape index (κ3) is 7.45. The molecule has 0 saturated carbocycles. The van der Waals surface area contributed by atoms with Crippen molar-refractivity contribution < 1.29 is 9.59 Å². The standard InChI is InChI=1S/C25H33N5O2.HI/c1-4-26-25(27-15-14-19-9-7-11-21(17-19)24(32)29(2)3)28-18-23(31)30-16-8-12-20-10-5-6-13-22(20)30;/h5-7,9-11,13,17H,4,8,12,14-16,18H2,1-3H3,(H2,26,27,28);1H. The van der Waals surface area contributed by atoms with Crippen LogP contribution < -0.4 is 15.5 Å². The van der Waals surface area contributed by atoms with Gasteiger partial charge in [-0.15, -0.1) is 24.0 Å². The van der Waals surface area contributed by atoms with Crippen LogP contribution in [0.25, 0.3) is 0 Å². The van der Waals surface area contributed by atoms with Crippen LogP contribution in [0.15, 0.2) is 53.5 Å². The van der Waals surface area contributed by atoms with Crippen molar-refractivity contribution in [2.45, 2.75) is 26.2 Å². The first-order chi connectivity index (χ1) is 15.5. The van der Waals surface area contributed by atoms with Crippen molar-refractivity contribution in [1.29, 1.82) is 0 Å². The molecule has 2 aromatic carbocycles. The lowest BCUT2D eigenvalue weighted by molar-refractivity contribution is -0.117. The molecule has 0 atom stereocenters. The van der Waals surface area contributed by atoms with E-state index in [1.165, 1.54) is 5.56 Å². The van der Waals surface area contributed by atoms with Crippen molar-refractivity contribution >= 4 is 47.4 Å². The van der Waals surface area contributed by atoms with Gasteiger partial charge in [-0.05, 0) is 55.5 Å². The van der Waals surface area contributed by atoms with Crippen LogP contribution in [-0.4, -0.2) is 62.9 Å². The van der Waals surface area contributed by atoms with Crippen molar-refractivity contribution in [1.82, 2.24) is 15.5 Å². The van der Waals surface area contributed by atoms with E-state index >= 15 is 0 Å². The van der Waals surface area contributed by atoms with Crippen LogP contribution in [0.5, 0.6) is 0 Å². The quantitative estimate of drug-likeness (QED) is 0.309. The van der Waals surface area contributed by atoms with Crippen molar-refractivity contribution in [3.8, 4) is 0 Å². The minimum absolute atomic E-state index is 0. The number of aryl methyl sites for hydroxylation is 1. The minimum atomic E-state index is -0.00694. The van der Waals surface area contributed by atoms with E-state index in [0.717, 1.165) is 37.1 Å². The van der Waals surface area contributed by atoms with Crippen LogP contribution in [0, 0.1) is 0 Å². The van der Waals surface area contributed by atoms with Gasteiger partial charge in [0.1, 0.15) is 6.54 Å². The zero-order valence-electron chi connectivity index (χ0n) is 19.6. The molecule has 7 nitrogen and oxygen atoms in total. The van der Waals surface area contributed by atoms with E-state index in [4.69, 9.17) is 0 Å². The Labute approximate surface area is 213 Å². The number of aliphatic imine (C=N–C) groups is 1. The lowest BCUT2D eigenvalue weighted by Crippen LogP contribution is -2.41. The summed E-state index contributed by atoms with van der Waals surface area (Å²) >= 11 is 0. The molecule has 0 fully saturated rings. The molecule has 0 saturated heterocycles. The summed E-state index contributed by atoms with van der Waals surface area (Å²) in [5.74, 6) is 0.614. The van der Waals surface area contributed by atoms with Gasteiger partial charge in [-0.25, -0.2) is 4.99 Å². The summed E-state index contributed by atoms with van der Waals surface area (Å²) in [7, 11) is 3.50. The number of halogens is 1. The summed E-state index contributed by atoms with van der Waals surface area (Å²) < 4.78 is 0. The number of para-hydroxylation sites is 1. The molecule has 0 bridgehead atoms. The zero-order valence-corrected chi connectivity index (χ0v) is 22.0. The molecule has 0 spiro atoms. The number of anilines is 1. The van der Waals surface area contributed by atoms with Crippen LogP contribution in [0.2, 0.25) is 0 Å². The third-order valence-corrected chi connectivity index (χ3v) is 5.41. The molecule has 2 aromatic rings. The first-order valence-electron chi connectivity index (χ1n) is 11.2. The molecule has 3 rings (SSSR count). The monoisotopic (exact) mass is 563 g/mol. The Morgan fingerprint density at radius 1 is 1.09 bits per heavy atom. The van der Waals surface area contributed by atoms with Gasteiger partial charge in [-0.3, -0.25) is 9.59 Å².